The van der Waals surface area contributed by atoms with Gasteiger partial charge in [-0.3, -0.25) is 9.89 Å². The zero-order chi connectivity index (χ0) is 17.6. The zero-order valence-corrected chi connectivity index (χ0v) is 15.0. The second kappa shape index (κ2) is 8.14. The summed E-state index contributed by atoms with van der Waals surface area (Å²) >= 11 is 0. The van der Waals surface area contributed by atoms with Crippen molar-refractivity contribution in [2.24, 2.45) is 5.92 Å². The van der Waals surface area contributed by atoms with Gasteiger partial charge in [0.15, 0.2) is 5.82 Å². The van der Waals surface area contributed by atoms with Crippen molar-refractivity contribution in [2.75, 3.05) is 19.7 Å². The number of aromatic amines is 1. The number of amides is 1. The first-order valence-electron chi connectivity index (χ1n) is 8.96. The molecule has 0 radical (unpaired) electrons. The highest BCUT2D eigenvalue weighted by atomic mass is 16.5. The molecule has 0 aliphatic carbocycles. The van der Waals surface area contributed by atoms with Crippen molar-refractivity contribution in [2.45, 2.75) is 39.5 Å². The number of benzene rings is 1. The summed E-state index contributed by atoms with van der Waals surface area (Å²) in [6, 6.07) is 8.06. The Morgan fingerprint density at radius 2 is 2.20 bits per heavy atom. The molecule has 6 heteroatoms. The number of carbonyl (C=O) groups is 1. The van der Waals surface area contributed by atoms with Crippen LogP contribution in [0.15, 0.2) is 24.3 Å². The fourth-order valence-electron chi connectivity index (χ4n) is 3.23. The van der Waals surface area contributed by atoms with Crippen LogP contribution in [0.4, 0.5) is 0 Å². The molecule has 1 saturated heterocycles. The van der Waals surface area contributed by atoms with Crippen LogP contribution in [0.25, 0.3) is 0 Å². The van der Waals surface area contributed by atoms with Crippen LogP contribution in [0.2, 0.25) is 0 Å². The molecule has 1 aliphatic heterocycles. The number of nitrogens with one attached hydrogen (secondary N) is 1. The van der Waals surface area contributed by atoms with Crippen LogP contribution in [-0.4, -0.2) is 45.7 Å². The minimum atomic E-state index is 0.183. The van der Waals surface area contributed by atoms with Gasteiger partial charge in [0.2, 0.25) is 5.91 Å². The first-order valence-corrected chi connectivity index (χ1v) is 8.96. The van der Waals surface area contributed by atoms with Crippen LogP contribution in [0, 0.1) is 19.8 Å². The van der Waals surface area contributed by atoms with Gasteiger partial charge in [-0.25, -0.2) is 4.98 Å². The summed E-state index contributed by atoms with van der Waals surface area (Å²) in [5, 5.41) is 6.91. The molecule has 1 amide bonds. The third-order valence-electron chi connectivity index (χ3n) is 4.65. The Hall–Kier alpha value is -2.37. The maximum atomic E-state index is 12.5. The normalized spacial score (nSPS) is 17.5. The van der Waals surface area contributed by atoms with Crippen molar-refractivity contribution in [3.05, 3.63) is 41.5 Å². The average molecular weight is 342 g/mol. The summed E-state index contributed by atoms with van der Waals surface area (Å²) in [6.45, 7) is 6.19. The fourth-order valence-corrected chi connectivity index (χ4v) is 3.23. The average Bonchev–Trinajstić information content (AvgIpc) is 3.04. The van der Waals surface area contributed by atoms with E-state index in [1.165, 1.54) is 0 Å². The third kappa shape index (κ3) is 4.81. The molecule has 1 aromatic carbocycles. The Labute approximate surface area is 148 Å². The van der Waals surface area contributed by atoms with Crippen LogP contribution in [0.5, 0.6) is 5.75 Å². The maximum absolute atomic E-state index is 12.5. The molecule has 1 atom stereocenters. The standard InChI is InChI=1S/C19H26N4O2/c1-14-6-3-4-8-17(14)25-13-16-7-5-11-23(12-16)19(24)10-9-18-20-15(2)21-22-18/h3-4,6,8,16H,5,7,9-13H2,1-2H3,(H,20,21,22). The summed E-state index contributed by atoms with van der Waals surface area (Å²) in [4.78, 5) is 18.7. The van der Waals surface area contributed by atoms with Crippen LogP contribution >= 0.6 is 0 Å². The van der Waals surface area contributed by atoms with Gasteiger partial charge < -0.3 is 9.64 Å². The van der Waals surface area contributed by atoms with Crippen molar-refractivity contribution in [3.8, 4) is 5.75 Å². The molecule has 0 bridgehead atoms. The van der Waals surface area contributed by atoms with Gasteiger partial charge in [0.05, 0.1) is 6.61 Å². The molecule has 0 saturated carbocycles. The second-order valence-electron chi connectivity index (χ2n) is 6.76. The topological polar surface area (TPSA) is 71.1 Å². The van der Waals surface area contributed by atoms with Crippen LogP contribution in [0.3, 0.4) is 0 Å². The van der Waals surface area contributed by atoms with Crippen molar-refractivity contribution < 1.29 is 9.53 Å². The molecule has 134 valence electrons. The van der Waals surface area contributed by atoms with Gasteiger partial charge in [-0.15, -0.1) is 0 Å². The SMILES string of the molecule is Cc1nc(CCC(=O)N2CCCC(COc3ccccc3C)C2)n[nH]1. The number of rotatable bonds is 6. The van der Waals surface area contributed by atoms with Gasteiger partial charge in [-0.05, 0) is 38.3 Å². The quantitative estimate of drug-likeness (QED) is 0.876. The molecular weight excluding hydrogens is 316 g/mol. The monoisotopic (exact) mass is 342 g/mol. The van der Waals surface area contributed by atoms with Crippen LogP contribution < -0.4 is 4.74 Å². The van der Waals surface area contributed by atoms with E-state index in [4.69, 9.17) is 4.74 Å². The van der Waals surface area contributed by atoms with E-state index in [1.54, 1.807) is 0 Å². The van der Waals surface area contributed by atoms with Crippen molar-refractivity contribution in [3.63, 3.8) is 0 Å². The lowest BCUT2D eigenvalue weighted by atomic mass is 9.98. The smallest absolute Gasteiger partial charge is 0.223 e. The predicted molar refractivity (Wildman–Crippen MR) is 95.4 cm³/mol. The Kier molecular flexibility index (Phi) is 5.68. The van der Waals surface area contributed by atoms with Crippen molar-refractivity contribution in [1.29, 1.82) is 0 Å². The predicted octanol–water partition coefficient (Wildman–Crippen LogP) is 2.67. The second-order valence-corrected chi connectivity index (χ2v) is 6.76. The summed E-state index contributed by atoms with van der Waals surface area (Å²) in [7, 11) is 0. The van der Waals surface area contributed by atoms with Gasteiger partial charge in [0, 0.05) is 31.8 Å². The first kappa shape index (κ1) is 17.5. The molecule has 1 aliphatic rings. The van der Waals surface area contributed by atoms with Crippen molar-refractivity contribution >= 4 is 5.91 Å². The Morgan fingerprint density at radius 1 is 1.36 bits per heavy atom. The van der Waals surface area contributed by atoms with Gasteiger partial charge in [0.25, 0.3) is 0 Å². The lowest BCUT2D eigenvalue weighted by molar-refractivity contribution is -0.133. The molecule has 25 heavy (non-hydrogen) atoms. The molecule has 1 fully saturated rings. The Morgan fingerprint density at radius 3 is 2.96 bits per heavy atom. The van der Waals surface area contributed by atoms with E-state index in [1.807, 2.05) is 30.0 Å². The molecule has 2 aromatic rings. The number of hydrogen-bond donors (Lipinski definition) is 1. The van der Waals surface area contributed by atoms with Crippen LogP contribution in [0.1, 0.15) is 36.5 Å². The fraction of sp³-hybridized carbons (Fsp3) is 0.526. The highest BCUT2D eigenvalue weighted by molar-refractivity contribution is 5.76. The highest BCUT2D eigenvalue weighted by Gasteiger charge is 2.24. The lowest BCUT2D eigenvalue weighted by Crippen LogP contribution is -2.41. The van der Waals surface area contributed by atoms with E-state index in [2.05, 4.69) is 28.2 Å². The molecule has 1 aromatic heterocycles. The van der Waals surface area contributed by atoms with E-state index >= 15 is 0 Å². The third-order valence-corrected chi connectivity index (χ3v) is 4.65. The maximum Gasteiger partial charge on any atom is 0.223 e. The van der Waals surface area contributed by atoms with E-state index in [9.17, 15) is 4.79 Å². The first-order chi connectivity index (χ1) is 12.1. The van der Waals surface area contributed by atoms with Gasteiger partial charge in [-0.1, -0.05) is 18.2 Å². The zero-order valence-electron chi connectivity index (χ0n) is 15.0. The van der Waals surface area contributed by atoms with E-state index in [0.717, 1.165) is 43.1 Å². The van der Waals surface area contributed by atoms with Crippen molar-refractivity contribution in [1.82, 2.24) is 20.1 Å². The number of H-pyrrole nitrogens is 1. The molecular formula is C19H26N4O2. The van der Waals surface area contributed by atoms with E-state index < -0.39 is 0 Å². The van der Waals surface area contributed by atoms with Gasteiger partial charge in [-0.2, -0.15) is 5.10 Å². The molecule has 1 N–H and O–H groups in total. The molecule has 6 nitrogen and oxygen atoms in total. The number of nitrogens with zero attached hydrogens (tertiary/aromatic N) is 3. The largest absolute Gasteiger partial charge is 0.493 e. The Bertz CT molecular complexity index is 713. The number of aromatic nitrogens is 3. The summed E-state index contributed by atoms with van der Waals surface area (Å²) in [5.74, 6) is 3.01. The molecule has 3 rings (SSSR count). The summed E-state index contributed by atoms with van der Waals surface area (Å²) < 4.78 is 5.97. The lowest BCUT2D eigenvalue weighted by Gasteiger charge is -2.32. The number of piperidine rings is 1. The summed E-state index contributed by atoms with van der Waals surface area (Å²) in [6.07, 6.45) is 3.19. The number of carbonyl (C=O) groups excluding carboxylic acids is 1. The van der Waals surface area contributed by atoms with Crippen LogP contribution in [-0.2, 0) is 11.2 Å². The molecule has 2 heterocycles. The highest BCUT2D eigenvalue weighted by Crippen LogP contribution is 2.21. The summed E-state index contributed by atoms with van der Waals surface area (Å²) in [5.41, 5.74) is 1.15. The molecule has 1 unspecified atom stereocenters. The number of ether oxygens (including phenoxy) is 1. The van der Waals surface area contributed by atoms with E-state index in [-0.39, 0.29) is 5.91 Å². The number of hydrogen-bond acceptors (Lipinski definition) is 4. The van der Waals surface area contributed by atoms with Gasteiger partial charge >= 0.3 is 0 Å². The number of aryl methyl sites for hydroxylation is 3. The Balaban J connectivity index is 1.47. The van der Waals surface area contributed by atoms with Gasteiger partial charge in [0.1, 0.15) is 11.6 Å². The minimum Gasteiger partial charge on any atom is -0.493 e. The minimum absolute atomic E-state index is 0.183. The van der Waals surface area contributed by atoms with E-state index in [0.29, 0.717) is 31.2 Å². The number of para-hydroxylation sites is 1. The molecule has 0 spiro atoms. The number of likely N-dealkylation sites (tertiary alicyclic amines) is 1.